The molecule has 0 bridgehead atoms. The van der Waals surface area contributed by atoms with Crippen LogP contribution in [0.4, 0.5) is 10.3 Å². The minimum absolute atomic E-state index is 0.279. The van der Waals surface area contributed by atoms with Crippen LogP contribution >= 0.6 is 11.6 Å². The van der Waals surface area contributed by atoms with E-state index in [1.165, 1.54) is 13.2 Å². The van der Waals surface area contributed by atoms with Crippen molar-refractivity contribution in [3.8, 4) is 5.88 Å². The van der Waals surface area contributed by atoms with Gasteiger partial charge < -0.3 is 9.64 Å². The third kappa shape index (κ3) is 2.94. The molecule has 0 radical (unpaired) electrons. The van der Waals surface area contributed by atoms with E-state index in [1.807, 2.05) is 0 Å². The van der Waals surface area contributed by atoms with Crippen LogP contribution in [0.1, 0.15) is 0 Å². The van der Waals surface area contributed by atoms with Gasteiger partial charge in [0.2, 0.25) is 11.8 Å². The van der Waals surface area contributed by atoms with Crippen molar-refractivity contribution in [2.24, 2.45) is 0 Å². The molecule has 1 fully saturated rings. The monoisotopic (exact) mass is 324 g/mol. The largest absolute Gasteiger partial charge is 0.480 e. The average Bonchev–Trinajstić information content (AvgIpc) is 2.55. The molecule has 0 N–H and O–H groups in total. The second-order valence-corrected chi connectivity index (χ2v) is 5.56. The van der Waals surface area contributed by atoms with Crippen LogP contribution in [0.15, 0.2) is 18.2 Å². The van der Waals surface area contributed by atoms with E-state index >= 15 is 0 Å². The molecule has 118 valence electrons. The van der Waals surface area contributed by atoms with Crippen molar-refractivity contribution in [3.05, 3.63) is 24.0 Å². The molecule has 1 saturated heterocycles. The SMILES string of the molecule is COc1nc(N2CCN(CCCl)CC2)nc2cccc(F)c12. The summed E-state index contributed by atoms with van der Waals surface area (Å²) in [6.45, 7) is 4.36. The summed E-state index contributed by atoms with van der Waals surface area (Å²) in [5.74, 6) is 1.13. The van der Waals surface area contributed by atoms with Crippen LogP contribution in [0.3, 0.4) is 0 Å². The summed E-state index contributed by atoms with van der Waals surface area (Å²) in [5, 5.41) is 0.328. The Morgan fingerprint density at radius 1 is 1.23 bits per heavy atom. The summed E-state index contributed by atoms with van der Waals surface area (Å²) in [4.78, 5) is 13.3. The fourth-order valence-corrected chi connectivity index (χ4v) is 2.92. The van der Waals surface area contributed by atoms with Gasteiger partial charge in [0.05, 0.1) is 18.0 Å². The highest BCUT2D eigenvalue weighted by molar-refractivity contribution is 6.18. The van der Waals surface area contributed by atoms with E-state index in [2.05, 4.69) is 19.8 Å². The van der Waals surface area contributed by atoms with Crippen LogP contribution in [0.5, 0.6) is 5.88 Å². The summed E-state index contributed by atoms with van der Waals surface area (Å²) in [5.41, 5.74) is 0.560. The van der Waals surface area contributed by atoms with E-state index in [9.17, 15) is 4.39 Å². The summed E-state index contributed by atoms with van der Waals surface area (Å²) >= 11 is 5.78. The van der Waals surface area contributed by atoms with Crippen molar-refractivity contribution >= 4 is 28.5 Å². The molecular weight excluding hydrogens is 307 g/mol. The van der Waals surface area contributed by atoms with Gasteiger partial charge >= 0.3 is 0 Å². The number of piperazine rings is 1. The molecule has 1 aromatic heterocycles. The Labute approximate surface area is 133 Å². The number of ether oxygens (including phenoxy) is 1. The lowest BCUT2D eigenvalue weighted by atomic mass is 10.2. The maximum absolute atomic E-state index is 14.0. The zero-order valence-electron chi connectivity index (χ0n) is 12.4. The van der Waals surface area contributed by atoms with Gasteiger partial charge in [0, 0.05) is 38.6 Å². The number of halogens is 2. The maximum atomic E-state index is 14.0. The van der Waals surface area contributed by atoms with Gasteiger partial charge in [-0.05, 0) is 12.1 Å². The highest BCUT2D eigenvalue weighted by Gasteiger charge is 2.21. The Bertz CT molecular complexity index is 661. The minimum atomic E-state index is -0.368. The number of fused-ring (bicyclic) bond motifs is 1. The van der Waals surface area contributed by atoms with Crippen molar-refractivity contribution in [1.82, 2.24) is 14.9 Å². The Kier molecular flexibility index (Phi) is 4.59. The molecule has 0 spiro atoms. The first-order valence-electron chi connectivity index (χ1n) is 7.26. The summed E-state index contributed by atoms with van der Waals surface area (Å²) in [6, 6.07) is 4.81. The van der Waals surface area contributed by atoms with Gasteiger partial charge in [-0.3, -0.25) is 4.90 Å². The maximum Gasteiger partial charge on any atom is 0.229 e. The predicted molar refractivity (Wildman–Crippen MR) is 85.4 cm³/mol. The highest BCUT2D eigenvalue weighted by atomic mass is 35.5. The summed E-state index contributed by atoms with van der Waals surface area (Å²) in [6.07, 6.45) is 0. The zero-order valence-corrected chi connectivity index (χ0v) is 13.2. The first kappa shape index (κ1) is 15.2. The van der Waals surface area contributed by atoms with Gasteiger partial charge in [0.1, 0.15) is 5.82 Å². The van der Waals surface area contributed by atoms with Crippen LogP contribution < -0.4 is 9.64 Å². The van der Waals surface area contributed by atoms with E-state index in [0.717, 1.165) is 32.7 Å². The molecule has 1 aliphatic heterocycles. The third-order valence-corrected chi connectivity index (χ3v) is 4.05. The summed E-state index contributed by atoms with van der Waals surface area (Å²) < 4.78 is 19.2. The number of alkyl halides is 1. The fourth-order valence-electron chi connectivity index (χ4n) is 2.68. The lowest BCUT2D eigenvalue weighted by Crippen LogP contribution is -2.47. The molecule has 5 nitrogen and oxygen atoms in total. The number of benzene rings is 1. The second kappa shape index (κ2) is 6.62. The van der Waals surface area contributed by atoms with Gasteiger partial charge in [0.15, 0.2) is 0 Å². The molecule has 0 amide bonds. The third-order valence-electron chi connectivity index (χ3n) is 3.88. The average molecular weight is 325 g/mol. The number of hydrogen-bond acceptors (Lipinski definition) is 5. The van der Waals surface area contributed by atoms with E-state index in [-0.39, 0.29) is 11.7 Å². The highest BCUT2D eigenvalue weighted by Crippen LogP contribution is 2.27. The fraction of sp³-hybridized carbons (Fsp3) is 0.467. The minimum Gasteiger partial charge on any atom is -0.480 e. The van der Waals surface area contributed by atoms with E-state index in [1.54, 1.807) is 12.1 Å². The van der Waals surface area contributed by atoms with E-state index < -0.39 is 0 Å². The number of anilines is 1. The molecule has 22 heavy (non-hydrogen) atoms. The molecule has 2 heterocycles. The van der Waals surface area contributed by atoms with Crippen LogP contribution in [-0.2, 0) is 0 Å². The van der Waals surface area contributed by atoms with Gasteiger partial charge in [-0.25, -0.2) is 9.37 Å². The van der Waals surface area contributed by atoms with Crippen LogP contribution in [0.25, 0.3) is 10.9 Å². The molecule has 0 aliphatic carbocycles. The molecule has 3 rings (SSSR count). The van der Waals surface area contributed by atoms with Crippen molar-refractivity contribution < 1.29 is 9.13 Å². The summed E-state index contributed by atoms with van der Waals surface area (Å²) in [7, 11) is 1.50. The molecule has 0 atom stereocenters. The smallest absolute Gasteiger partial charge is 0.229 e. The van der Waals surface area contributed by atoms with Gasteiger partial charge in [-0.1, -0.05) is 6.07 Å². The Morgan fingerprint density at radius 3 is 2.68 bits per heavy atom. The van der Waals surface area contributed by atoms with Gasteiger partial charge in [-0.2, -0.15) is 4.98 Å². The first-order valence-corrected chi connectivity index (χ1v) is 7.80. The first-order chi connectivity index (χ1) is 10.7. The van der Waals surface area contributed by atoms with Crippen molar-refractivity contribution in [1.29, 1.82) is 0 Å². The molecule has 0 unspecified atom stereocenters. The van der Waals surface area contributed by atoms with Crippen molar-refractivity contribution in [3.63, 3.8) is 0 Å². The Hall–Kier alpha value is -1.66. The van der Waals surface area contributed by atoms with Crippen molar-refractivity contribution in [2.75, 3.05) is 50.6 Å². The number of rotatable bonds is 4. The Balaban J connectivity index is 1.89. The number of aromatic nitrogens is 2. The molecular formula is C15H18ClFN4O. The second-order valence-electron chi connectivity index (χ2n) is 5.18. The van der Waals surface area contributed by atoms with Crippen LogP contribution in [-0.4, -0.2) is 60.6 Å². The quantitative estimate of drug-likeness (QED) is 0.806. The number of nitrogens with zero attached hydrogens (tertiary/aromatic N) is 4. The molecule has 1 aromatic carbocycles. The van der Waals surface area contributed by atoms with Crippen LogP contribution in [0, 0.1) is 5.82 Å². The number of methoxy groups -OCH3 is 1. The van der Waals surface area contributed by atoms with Gasteiger partial charge in [0.25, 0.3) is 0 Å². The standard InChI is InChI=1S/C15H18ClFN4O/c1-22-14-13-11(17)3-2-4-12(13)18-15(19-14)21-9-7-20(6-5-16)8-10-21/h2-4H,5-10H2,1H3. The molecule has 1 aliphatic rings. The van der Waals surface area contributed by atoms with Crippen molar-refractivity contribution in [2.45, 2.75) is 0 Å². The molecule has 7 heteroatoms. The normalized spacial score (nSPS) is 16.2. The molecule has 0 saturated carbocycles. The Morgan fingerprint density at radius 2 is 2.00 bits per heavy atom. The van der Waals surface area contributed by atoms with Gasteiger partial charge in [-0.15, -0.1) is 11.6 Å². The topological polar surface area (TPSA) is 41.5 Å². The molecule has 2 aromatic rings. The number of hydrogen-bond donors (Lipinski definition) is 0. The van der Waals surface area contributed by atoms with E-state index in [0.29, 0.717) is 22.7 Å². The predicted octanol–water partition coefficient (Wildman–Crippen LogP) is 2.14. The zero-order chi connectivity index (χ0) is 15.5. The van der Waals surface area contributed by atoms with Crippen LogP contribution in [0.2, 0.25) is 0 Å². The lowest BCUT2D eigenvalue weighted by Gasteiger charge is -2.34. The lowest BCUT2D eigenvalue weighted by molar-refractivity contribution is 0.271. The van der Waals surface area contributed by atoms with E-state index in [4.69, 9.17) is 16.3 Å².